The first-order valence-corrected chi connectivity index (χ1v) is 6.97. The number of ether oxygens (including phenoxy) is 1. The Balaban J connectivity index is 1.72. The van der Waals surface area contributed by atoms with Crippen molar-refractivity contribution in [2.45, 2.75) is 25.3 Å². The number of carbonyl (C=O) groups is 1. The fourth-order valence-electron chi connectivity index (χ4n) is 2.34. The van der Waals surface area contributed by atoms with E-state index < -0.39 is 6.04 Å². The van der Waals surface area contributed by atoms with Crippen LogP contribution in [0.25, 0.3) is 0 Å². The minimum atomic E-state index is -0.678. The third-order valence-electron chi connectivity index (χ3n) is 3.51. The lowest BCUT2D eigenvalue weighted by Gasteiger charge is -2.26. The van der Waals surface area contributed by atoms with Crippen molar-refractivity contribution >= 4 is 5.97 Å². The van der Waals surface area contributed by atoms with Crippen molar-refractivity contribution in [3.63, 3.8) is 0 Å². The topological polar surface area (TPSA) is 55.6 Å². The van der Waals surface area contributed by atoms with Gasteiger partial charge in [-0.05, 0) is 31.5 Å². The normalized spacial score (nSPS) is 17.9. The number of nitrogens with zero attached hydrogens (tertiary/aromatic N) is 1. The number of hydrogen-bond acceptors (Lipinski definition) is 4. The standard InChI is InChI=1S/C15H22N2O2/c16-14(13-7-3-1-4-8-13)15(18)19-12-11-17-9-5-2-6-10-17/h1,3-4,7-8,14H,2,5-6,9-12,16H2. The molecule has 0 saturated carbocycles. The Kier molecular flexibility index (Phi) is 5.36. The van der Waals surface area contributed by atoms with Gasteiger partial charge in [-0.3, -0.25) is 4.90 Å². The smallest absolute Gasteiger partial charge is 0.327 e. The Hall–Kier alpha value is -1.39. The number of carbonyl (C=O) groups excluding carboxylic acids is 1. The molecule has 0 aromatic heterocycles. The van der Waals surface area contributed by atoms with E-state index in [1.54, 1.807) is 0 Å². The second-order valence-corrected chi connectivity index (χ2v) is 4.96. The molecule has 0 bridgehead atoms. The van der Waals surface area contributed by atoms with Crippen molar-refractivity contribution in [1.29, 1.82) is 0 Å². The van der Waals surface area contributed by atoms with Crippen LogP contribution in [-0.2, 0) is 9.53 Å². The molecular formula is C15H22N2O2. The number of benzene rings is 1. The number of rotatable bonds is 5. The van der Waals surface area contributed by atoms with Gasteiger partial charge in [0.05, 0.1) is 0 Å². The molecule has 1 saturated heterocycles. The van der Waals surface area contributed by atoms with Crippen LogP contribution in [0.1, 0.15) is 30.9 Å². The van der Waals surface area contributed by atoms with E-state index in [4.69, 9.17) is 10.5 Å². The molecule has 0 aliphatic carbocycles. The van der Waals surface area contributed by atoms with Crippen LogP contribution in [0, 0.1) is 0 Å². The molecule has 1 aliphatic heterocycles. The molecule has 1 aromatic rings. The Bertz CT molecular complexity index is 388. The average molecular weight is 262 g/mol. The molecule has 1 aliphatic rings. The van der Waals surface area contributed by atoms with Gasteiger partial charge in [-0.1, -0.05) is 36.8 Å². The molecule has 2 N–H and O–H groups in total. The number of hydrogen-bond donors (Lipinski definition) is 1. The zero-order valence-corrected chi connectivity index (χ0v) is 11.3. The summed E-state index contributed by atoms with van der Waals surface area (Å²) in [6, 6.07) is 8.65. The van der Waals surface area contributed by atoms with Gasteiger partial charge in [0.15, 0.2) is 0 Å². The molecule has 1 fully saturated rings. The lowest BCUT2D eigenvalue weighted by atomic mass is 10.1. The number of esters is 1. The van der Waals surface area contributed by atoms with Crippen molar-refractivity contribution in [2.75, 3.05) is 26.2 Å². The Morgan fingerprint density at radius 2 is 1.89 bits per heavy atom. The predicted octanol–water partition coefficient (Wildman–Crippen LogP) is 1.72. The van der Waals surface area contributed by atoms with Crippen LogP contribution < -0.4 is 5.73 Å². The predicted molar refractivity (Wildman–Crippen MR) is 74.6 cm³/mol. The van der Waals surface area contributed by atoms with Gasteiger partial charge in [0, 0.05) is 6.54 Å². The highest BCUT2D eigenvalue weighted by Gasteiger charge is 2.17. The van der Waals surface area contributed by atoms with Gasteiger partial charge in [0.2, 0.25) is 0 Å². The zero-order chi connectivity index (χ0) is 13.5. The molecule has 1 aromatic carbocycles. The molecule has 1 heterocycles. The van der Waals surface area contributed by atoms with E-state index in [9.17, 15) is 4.79 Å². The monoisotopic (exact) mass is 262 g/mol. The first kappa shape index (κ1) is 14.0. The molecule has 2 rings (SSSR count). The molecule has 104 valence electrons. The van der Waals surface area contributed by atoms with E-state index in [1.807, 2.05) is 30.3 Å². The highest BCUT2D eigenvalue weighted by Crippen LogP contribution is 2.11. The van der Waals surface area contributed by atoms with Gasteiger partial charge in [-0.2, -0.15) is 0 Å². The third-order valence-corrected chi connectivity index (χ3v) is 3.51. The average Bonchev–Trinajstić information content (AvgIpc) is 2.48. The number of likely N-dealkylation sites (tertiary alicyclic amines) is 1. The van der Waals surface area contributed by atoms with E-state index >= 15 is 0 Å². The van der Waals surface area contributed by atoms with Crippen molar-refractivity contribution in [3.8, 4) is 0 Å². The molecule has 4 nitrogen and oxygen atoms in total. The van der Waals surface area contributed by atoms with Crippen LogP contribution in [0.2, 0.25) is 0 Å². The molecule has 1 unspecified atom stereocenters. The summed E-state index contributed by atoms with van der Waals surface area (Å²) in [5.41, 5.74) is 6.67. The summed E-state index contributed by atoms with van der Waals surface area (Å²) >= 11 is 0. The van der Waals surface area contributed by atoms with Crippen LogP contribution in [0.3, 0.4) is 0 Å². The van der Waals surface area contributed by atoms with Crippen LogP contribution in [-0.4, -0.2) is 37.1 Å². The fraction of sp³-hybridized carbons (Fsp3) is 0.533. The SMILES string of the molecule is NC(C(=O)OCCN1CCCCC1)c1ccccc1. The highest BCUT2D eigenvalue weighted by atomic mass is 16.5. The van der Waals surface area contributed by atoms with Gasteiger partial charge in [-0.25, -0.2) is 4.79 Å². The van der Waals surface area contributed by atoms with Gasteiger partial charge in [0.25, 0.3) is 0 Å². The van der Waals surface area contributed by atoms with Crippen LogP contribution in [0.4, 0.5) is 0 Å². The largest absolute Gasteiger partial charge is 0.463 e. The van der Waals surface area contributed by atoms with Gasteiger partial charge < -0.3 is 10.5 Å². The summed E-state index contributed by atoms with van der Waals surface area (Å²) < 4.78 is 5.26. The van der Waals surface area contributed by atoms with Crippen LogP contribution in [0.5, 0.6) is 0 Å². The van der Waals surface area contributed by atoms with E-state index in [2.05, 4.69) is 4.90 Å². The maximum atomic E-state index is 11.8. The quantitative estimate of drug-likeness (QED) is 0.821. The van der Waals surface area contributed by atoms with Crippen LogP contribution in [0.15, 0.2) is 30.3 Å². The molecule has 0 spiro atoms. The number of piperidine rings is 1. The van der Waals surface area contributed by atoms with Gasteiger partial charge in [-0.15, -0.1) is 0 Å². The number of nitrogens with two attached hydrogens (primary N) is 1. The maximum absolute atomic E-state index is 11.8. The maximum Gasteiger partial charge on any atom is 0.327 e. The minimum absolute atomic E-state index is 0.344. The van der Waals surface area contributed by atoms with Crippen molar-refractivity contribution < 1.29 is 9.53 Å². The van der Waals surface area contributed by atoms with E-state index in [-0.39, 0.29) is 5.97 Å². The summed E-state index contributed by atoms with van der Waals surface area (Å²) in [5, 5.41) is 0. The Morgan fingerprint density at radius 1 is 1.21 bits per heavy atom. The lowest BCUT2D eigenvalue weighted by Crippen LogP contribution is -2.34. The Morgan fingerprint density at radius 3 is 2.58 bits per heavy atom. The minimum Gasteiger partial charge on any atom is -0.463 e. The third kappa shape index (κ3) is 4.33. The zero-order valence-electron chi connectivity index (χ0n) is 11.3. The molecular weight excluding hydrogens is 240 g/mol. The van der Waals surface area contributed by atoms with Gasteiger partial charge in [0.1, 0.15) is 12.6 Å². The summed E-state index contributed by atoms with van der Waals surface area (Å²) in [6.07, 6.45) is 3.81. The first-order chi connectivity index (χ1) is 9.27. The van der Waals surface area contributed by atoms with Crippen molar-refractivity contribution in [1.82, 2.24) is 4.90 Å². The fourth-order valence-corrected chi connectivity index (χ4v) is 2.34. The highest BCUT2D eigenvalue weighted by molar-refractivity contribution is 5.77. The molecule has 4 heteroatoms. The van der Waals surface area contributed by atoms with E-state index in [0.29, 0.717) is 6.61 Å². The summed E-state index contributed by atoms with van der Waals surface area (Å²) in [6.45, 7) is 3.47. The van der Waals surface area contributed by atoms with Crippen molar-refractivity contribution in [3.05, 3.63) is 35.9 Å². The second kappa shape index (κ2) is 7.26. The van der Waals surface area contributed by atoms with Gasteiger partial charge >= 0.3 is 5.97 Å². The summed E-state index contributed by atoms with van der Waals surface area (Å²) in [4.78, 5) is 14.2. The first-order valence-electron chi connectivity index (χ1n) is 6.97. The molecule has 1 atom stereocenters. The Labute approximate surface area is 114 Å². The second-order valence-electron chi connectivity index (χ2n) is 4.96. The van der Waals surface area contributed by atoms with E-state index in [1.165, 1.54) is 19.3 Å². The molecule has 19 heavy (non-hydrogen) atoms. The molecule has 0 radical (unpaired) electrons. The molecule has 0 amide bonds. The van der Waals surface area contributed by atoms with Crippen LogP contribution >= 0.6 is 0 Å². The summed E-state index contributed by atoms with van der Waals surface area (Å²) in [5.74, 6) is -0.344. The van der Waals surface area contributed by atoms with E-state index in [0.717, 1.165) is 25.2 Å². The summed E-state index contributed by atoms with van der Waals surface area (Å²) in [7, 11) is 0. The lowest BCUT2D eigenvalue weighted by molar-refractivity contribution is -0.145. The van der Waals surface area contributed by atoms with Crippen molar-refractivity contribution in [2.24, 2.45) is 5.73 Å².